The fourth-order valence-corrected chi connectivity index (χ4v) is 1.16. The van der Waals surface area contributed by atoms with E-state index in [9.17, 15) is 9.00 Å². The molecule has 1 aliphatic rings. The van der Waals surface area contributed by atoms with E-state index in [1.54, 1.807) is 4.89 Å². The number of carbonyl (C=O) groups excluding carboxylic acids is 1. The van der Waals surface area contributed by atoms with Crippen molar-refractivity contribution in [3.8, 4) is 0 Å². The normalized spacial score (nSPS) is 20.1. The molecule has 1 saturated heterocycles. The minimum absolute atomic E-state index is 0.245. The first-order valence-electron chi connectivity index (χ1n) is 4.00. The summed E-state index contributed by atoms with van der Waals surface area (Å²) in [5, 5.41) is 0. The van der Waals surface area contributed by atoms with Gasteiger partial charge >= 0.3 is 6.16 Å². The van der Waals surface area contributed by atoms with Gasteiger partial charge in [-0.15, -0.1) is 0 Å². The van der Waals surface area contributed by atoms with E-state index in [1.165, 1.54) is 0 Å². The van der Waals surface area contributed by atoms with Gasteiger partial charge in [-0.1, -0.05) is 0 Å². The molecule has 0 saturated carbocycles. The molecule has 0 spiro atoms. The summed E-state index contributed by atoms with van der Waals surface area (Å²) < 4.78 is 28.1. The van der Waals surface area contributed by atoms with Gasteiger partial charge in [0.2, 0.25) is 0 Å². The van der Waals surface area contributed by atoms with Gasteiger partial charge in [0.25, 0.3) is 11.3 Å². The largest absolute Gasteiger partial charge is 0.528 e. The molecular weight excluding hydrogens is 214 g/mol. The van der Waals surface area contributed by atoms with E-state index in [4.69, 9.17) is 14.0 Å². The van der Waals surface area contributed by atoms with Crippen LogP contribution in [0.25, 0.3) is 0 Å². The van der Waals surface area contributed by atoms with Crippen molar-refractivity contribution in [3.05, 3.63) is 0 Å². The van der Waals surface area contributed by atoms with Crippen molar-refractivity contribution in [3.63, 3.8) is 0 Å². The molecule has 2 N–H and O–H groups in total. The molecular formula is C6H11NO6S. The lowest BCUT2D eigenvalue weighted by atomic mass is 10.2. The smallest absolute Gasteiger partial charge is 0.430 e. The highest BCUT2D eigenvalue weighted by Crippen LogP contribution is 2.10. The molecule has 0 aromatic heterocycles. The van der Waals surface area contributed by atoms with Crippen molar-refractivity contribution in [2.75, 3.05) is 13.2 Å². The molecule has 1 unspecified atom stereocenters. The first kappa shape index (κ1) is 11.4. The number of nitrogens with one attached hydrogen (secondary N) is 1. The Bertz CT molecular complexity index is 216. The average molecular weight is 225 g/mol. The van der Waals surface area contributed by atoms with Crippen LogP contribution in [-0.4, -0.2) is 34.2 Å². The number of rotatable bonds is 3. The van der Waals surface area contributed by atoms with Crippen LogP contribution in [0.15, 0.2) is 0 Å². The Morgan fingerprint density at radius 2 is 2.14 bits per heavy atom. The van der Waals surface area contributed by atoms with Gasteiger partial charge in [-0.05, 0) is 4.89 Å². The molecule has 0 aromatic carbocycles. The SMILES string of the molecule is O=C(ONS(=O)O)OC1CCOCC1. The van der Waals surface area contributed by atoms with Gasteiger partial charge in [0.05, 0.1) is 13.2 Å². The Morgan fingerprint density at radius 1 is 1.50 bits per heavy atom. The molecule has 1 fully saturated rings. The van der Waals surface area contributed by atoms with Crippen LogP contribution in [0, 0.1) is 0 Å². The number of hydrogen-bond donors (Lipinski definition) is 2. The fourth-order valence-electron chi connectivity index (χ4n) is 1.02. The van der Waals surface area contributed by atoms with Gasteiger partial charge in [-0.3, -0.25) is 4.55 Å². The van der Waals surface area contributed by atoms with Crippen molar-refractivity contribution in [1.82, 2.24) is 4.89 Å². The third-order valence-electron chi connectivity index (χ3n) is 1.63. The van der Waals surface area contributed by atoms with E-state index in [1.807, 2.05) is 0 Å². The van der Waals surface area contributed by atoms with Crippen LogP contribution in [0.4, 0.5) is 4.79 Å². The molecule has 1 heterocycles. The monoisotopic (exact) mass is 225 g/mol. The quantitative estimate of drug-likeness (QED) is 0.397. The maximum Gasteiger partial charge on any atom is 0.528 e. The van der Waals surface area contributed by atoms with Crippen LogP contribution in [0.1, 0.15) is 12.8 Å². The number of hydrogen-bond acceptors (Lipinski definition) is 5. The first-order valence-corrected chi connectivity index (χ1v) is 5.11. The molecule has 0 bridgehead atoms. The summed E-state index contributed by atoms with van der Waals surface area (Å²) in [5.41, 5.74) is 0. The zero-order chi connectivity index (χ0) is 10.4. The Labute approximate surface area is 83.1 Å². The molecule has 1 atom stereocenters. The molecule has 1 aliphatic heterocycles. The minimum Gasteiger partial charge on any atom is -0.430 e. The van der Waals surface area contributed by atoms with E-state index in [0.29, 0.717) is 26.1 Å². The molecule has 82 valence electrons. The van der Waals surface area contributed by atoms with Crippen molar-refractivity contribution in [2.45, 2.75) is 18.9 Å². The van der Waals surface area contributed by atoms with E-state index < -0.39 is 17.4 Å². The molecule has 0 radical (unpaired) electrons. The van der Waals surface area contributed by atoms with Crippen molar-refractivity contribution < 1.29 is 27.9 Å². The van der Waals surface area contributed by atoms with Crippen molar-refractivity contribution >= 4 is 17.4 Å². The van der Waals surface area contributed by atoms with Gasteiger partial charge in [0, 0.05) is 12.8 Å². The summed E-state index contributed by atoms with van der Waals surface area (Å²) in [4.78, 5) is 16.5. The second kappa shape index (κ2) is 5.91. The van der Waals surface area contributed by atoms with E-state index in [2.05, 4.69) is 4.84 Å². The van der Waals surface area contributed by atoms with Crippen LogP contribution in [-0.2, 0) is 25.6 Å². The Kier molecular flexibility index (Phi) is 4.80. The first-order chi connectivity index (χ1) is 6.68. The Balaban J connectivity index is 2.15. The van der Waals surface area contributed by atoms with E-state index in [0.717, 1.165) is 0 Å². The maximum absolute atomic E-state index is 10.8. The average Bonchev–Trinajstić information content (AvgIpc) is 2.16. The third-order valence-corrected chi connectivity index (χ3v) is 1.85. The highest BCUT2D eigenvalue weighted by Gasteiger charge is 2.19. The van der Waals surface area contributed by atoms with E-state index >= 15 is 0 Å². The van der Waals surface area contributed by atoms with Crippen LogP contribution in [0.3, 0.4) is 0 Å². The molecule has 7 nitrogen and oxygen atoms in total. The zero-order valence-electron chi connectivity index (χ0n) is 7.30. The predicted octanol–water partition coefficient (Wildman–Crippen LogP) is -0.0401. The number of carbonyl (C=O) groups is 1. The van der Waals surface area contributed by atoms with E-state index in [-0.39, 0.29) is 6.10 Å². The van der Waals surface area contributed by atoms with Crippen LogP contribution in [0.5, 0.6) is 0 Å². The molecule has 8 heteroatoms. The van der Waals surface area contributed by atoms with Gasteiger partial charge in [-0.25, -0.2) is 9.00 Å². The van der Waals surface area contributed by atoms with Gasteiger partial charge in [-0.2, -0.15) is 0 Å². The van der Waals surface area contributed by atoms with Gasteiger partial charge < -0.3 is 14.3 Å². The minimum atomic E-state index is -2.39. The summed E-state index contributed by atoms with van der Waals surface area (Å²) in [5.74, 6) is 0. The standard InChI is InChI=1S/C6H11NO6S/c8-6(13-7-14(9)10)12-5-1-3-11-4-2-5/h5,7H,1-4H2,(H,9,10). The molecule has 0 amide bonds. The lowest BCUT2D eigenvalue weighted by molar-refractivity contribution is -0.0341. The summed E-state index contributed by atoms with van der Waals surface area (Å²) in [7, 11) is 0. The molecule has 1 rings (SSSR count). The van der Waals surface area contributed by atoms with Crippen molar-refractivity contribution in [2.24, 2.45) is 0 Å². The number of ether oxygens (including phenoxy) is 2. The highest BCUT2D eigenvalue weighted by atomic mass is 32.2. The molecule has 14 heavy (non-hydrogen) atoms. The molecule has 0 aliphatic carbocycles. The van der Waals surface area contributed by atoms with Gasteiger partial charge in [0.1, 0.15) is 6.10 Å². The second-order valence-corrected chi connectivity index (χ2v) is 3.28. The second-order valence-electron chi connectivity index (χ2n) is 2.61. The maximum atomic E-state index is 10.8. The van der Waals surface area contributed by atoms with Gasteiger partial charge in [0.15, 0.2) is 0 Å². The van der Waals surface area contributed by atoms with Crippen LogP contribution < -0.4 is 4.89 Å². The molecule has 0 aromatic rings. The lowest BCUT2D eigenvalue weighted by Crippen LogP contribution is -2.29. The van der Waals surface area contributed by atoms with Crippen molar-refractivity contribution in [1.29, 1.82) is 0 Å². The highest BCUT2D eigenvalue weighted by molar-refractivity contribution is 7.76. The Hall–Kier alpha value is -0.700. The third kappa shape index (κ3) is 4.51. The topological polar surface area (TPSA) is 94.1 Å². The lowest BCUT2D eigenvalue weighted by Gasteiger charge is -2.21. The van der Waals surface area contributed by atoms with Crippen LogP contribution >= 0.6 is 0 Å². The summed E-state index contributed by atoms with van der Waals surface area (Å²) in [6.07, 6.45) is -0.0428. The Morgan fingerprint density at radius 3 is 2.71 bits per heavy atom. The summed E-state index contributed by atoms with van der Waals surface area (Å²) >= 11 is -2.39. The summed E-state index contributed by atoms with van der Waals surface area (Å²) in [6, 6.07) is 0. The van der Waals surface area contributed by atoms with Crippen LogP contribution in [0.2, 0.25) is 0 Å². The predicted molar refractivity (Wildman–Crippen MR) is 45.3 cm³/mol. The zero-order valence-corrected chi connectivity index (χ0v) is 8.12. The summed E-state index contributed by atoms with van der Waals surface area (Å²) in [6.45, 7) is 1.08. The fraction of sp³-hybridized carbons (Fsp3) is 0.833.